The van der Waals surface area contributed by atoms with Gasteiger partial charge in [0.25, 0.3) is 0 Å². The van der Waals surface area contributed by atoms with Crippen molar-refractivity contribution in [1.29, 1.82) is 0 Å². The van der Waals surface area contributed by atoms with Crippen molar-refractivity contribution in [2.75, 3.05) is 26.2 Å². The fraction of sp³-hybridized carbons (Fsp3) is 0.917. The molecule has 0 aliphatic carbocycles. The number of carbonyl (C=O) groups is 1. The Balaban J connectivity index is 2.15. The molecule has 0 radical (unpaired) electrons. The number of ether oxygens (including phenoxy) is 1. The number of aliphatic hydroxyl groups is 1. The molecule has 0 atom stereocenters. The van der Waals surface area contributed by atoms with E-state index in [9.17, 15) is 9.90 Å². The van der Waals surface area contributed by atoms with Crippen molar-refractivity contribution in [3.8, 4) is 0 Å². The quantitative estimate of drug-likeness (QED) is 0.546. The van der Waals surface area contributed by atoms with Gasteiger partial charge >= 0.3 is 5.97 Å². The van der Waals surface area contributed by atoms with Crippen LogP contribution in [0.5, 0.6) is 0 Å². The maximum Gasteiger partial charge on any atom is 0.320 e. The van der Waals surface area contributed by atoms with Gasteiger partial charge in [-0.05, 0) is 12.3 Å². The summed E-state index contributed by atoms with van der Waals surface area (Å²) in [7, 11) is 0. The van der Waals surface area contributed by atoms with E-state index in [4.69, 9.17) is 4.74 Å². The first-order chi connectivity index (χ1) is 7.48. The van der Waals surface area contributed by atoms with E-state index in [1.54, 1.807) is 0 Å². The van der Waals surface area contributed by atoms with Gasteiger partial charge in [-0.1, -0.05) is 27.2 Å². The first-order valence-corrected chi connectivity index (χ1v) is 6.08. The smallest absolute Gasteiger partial charge is 0.320 e. The number of nitrogens with zero attached hydrogens (tertiary/aromatic N) is 1. The number of β-amino-alcohol motifs (C(OH)–C–C–N with tert-alkyl or cyclic N) is 1. The summed E-state index contributed by atoms with van der Waals surface area (Å²) in [4.78, 5) is 13.3. The molecular formula is C12H23NO3. The standard InChI is InChI=1S/C12H23NO3/c1-4-5-6-16-11(14)7-13-8-12(15,9-13)10(2)3/h10,15H,4-9H2,1-3H3. The van der Waals surface area contributed by atoms with Crippen LogP contribution in [0.1, 0.15) is 33.6 Å². The zero-order valence-corrected chi connectivity index (χ0v) is 10.5. The molecule has 0 unspecified atom stereocenters. The van der Waals surface area contributed by atoms with Gasteiger partial charge in [-0.2, -0.15) is 0 Å². The highest BCUT2D eigenvalue weighted by Crippen LogP contribution is 2.27. The largest absolute Gasteiger partial charge is 0.465 e. The third kappa shape index (κ3) is 3.46. The molecule has 0 aromatic carbocycles. The summed E-state index contributed by atoms with van der Waals surface area (Å²) in [5.74, 6) is 0.0547. The van der Waals surface area contributed by atoms with E-state index in [2.05, 4.69) is 6.92 Å². The second-order valence-corrected chi connectivity index (χ2v) is 4.98. The minimum atomic E-state index is -0.607. The van der Waals surface area contributed by atoms with Crippen LogP contribution in [-0.4, -0.2) is 47.8 Å². The molecule has 16 heavy (non-hydrogen) atoms. The number of esters is 1. The molecule has 1 saturated heterocycles. The van der Waals surface area contributed by atoms with Crippen molar-refractivity contribution >= 4 is 5.97 Å². The van der Waals surface area contributed by atoms with E-state index < -0.39 is 5.60 Å². The van der Waals surface area contributed by atoms with Gasteiger partial charge in [-0.3, -0.25) is 9.69 Å². The first-order valence-electron chi connectivity index (χ1n) is 6.08. The average Bonchev–Trinajstić information content (AvgIpc) is 2.15. The lowest BCUT2D eigenvalue weighted by atomic mass is 9.83. The van der Waals surface area contributed by atoms with Crippen molar-refractivity contribution in [2.45, 2.75) is 39.2 Å². The zero-order chi connectivity index (χ0) is 12.2. The lowest BCUT2D eigenvalue weighted by molar-refractivity contribution is -0.158. The lowest BCUT2D eigenvalue weighted by Crippen LogP contribution is -2.65. The van der Waals surface area contributed by atoms with Gasteiger partial charge < -0.3 is 9.84 Å². The van der Waals surface area contributed by atoms with E-state index in [-0.39, 0.29) is 11.9 Å². The molecule has 1 aliphatic heterocycles. The summed E-state index contributed by atoms with van der Waals surface area (Å²) in [6.45, 7) is 8.03. The molecule has 1 aliphatic rings. The van der Waals surface area contributed by atoms with Crippen molar-refractivity contribution in [3.05, 3.63) is 0 Å². The highest BCUT2D eigenvalue weighted by atomic mass is 16.5. The molecule has 1 rings (SSSR count). The maximum atomic E-state index is 11.4. The topological polar surface area (TPSA) is 49.8 Å². The summed E-state index contributed by atoms with van der Waals surface area (Å²) in [6, 6.07) is 0. The van der Waals surface area contributed by atoms with E-state index >= 15 is 0 Å². The van der Waals surface area contributed by atoms with Crippen LogP contribution in [0.3, 0.4) is 0 Å². The van der Waals surface area contributed by atoms with Crippen molar-refractivity contribution < 1.29 is 14.6 Å². The lowest BCUT2D eigenvalue weighted by Gasteiger charge is -2.48. The normalized spacial score (nSPS) is 19.6. The second kappa shape index (κ2) is 5.64. The Hall–Kier alpha value is -0.610. The Bertz CT molecular complexity index is 234. The van der Waals surface area contributed by atoms with E-state index in [0.717, 1.165) is 12.8 Å². The van der Waals surface area contributed by atoms with Gasteiger partial charge in [-0.25, -0.2) is 0 Å². The van der Waals surface area contributed by atoms with Crippen LogP contribution in [0.2, 0.25) is 0 Å². The van der Waals surface area contributed by atoms with Gasteiger partial charge in [0.15, 0.2) is 0 Å². The Labute approximate surface area is 97.6 Å². The van der Waals surface area contributed by atoms with Gasteiger partial charge in [0.1, 0.15) is 0 Å². The predicted molar refractivity (Wildman–Crippen MR) is 62.1 cm³/mol. The average molecular weight is 229 g/mol. The third-order valence-electron chi connectivity index (χ3n) is 3.18. The van der Waals surface area contributed by atoms with E-state index in [1.807, 2.05) is 18.7 Å². The van der Waals surface area contributed by atoms with Crippen LogP contribution < -0.4 is 0 Å². The van der Waals surface area contributed by atoms with Crippen molar-refractivity contribution in [3.63, 3.8) is 0 Å². The molecule has 0 bridgehead atoms. The minimum Gasteiger partial charge on any atom is -0.465 e. The molecule has 1 N–H and O–H groups in total. The Morgan fingerprint density at radius 1 is 1.50 bits per heavy atom. The van der Waals surface area contributed by atoms with Gasteiger partial charge in [0, 0.05) is 13.1 Å². The van der Waals surface area contributed by atoms with Crippen LogP contribution in [0.4, 0.5) is 0 Å². The predicted octanol–water partition coefficient (Wildman–Crippen LogP) is 1.03. The van der Waals surface area contributed by atoms with Gasteiger partial charge in [0.2, 0.25) is 0 Å². The van der Waals surface area contributed by atoms with Crippen LogP contribution in [0, 0.1) is 5.92 Å². The highest BCUT2D eigenvalue weighted by molar-refractivity contribution is 5.71. The van der Waals surface area contributed by atoms with Crippen LogP contribution in [-0.2, 0) is 9.53 Å². The number of likely N-dealkylation sites (tertiary alicyclic amines) is 1. The summed E-state index contributed by atoms with van der Waals surface area (Å²) >= 11 is 0. The molecule has 0 spiro atoms. The van der Waals surface area contributed by atoms with Crippen LogP contribution in [0.25, 0.3) is 0 Å². The molecular weight excluding hydrogens is 206 g/mol. The summed E-state index contributed by atoms with van der Waals surface area (Å²) in [5, 5.41) is 9.99. The number of hydrogen-bond donors (Lipinski definition) is 1. The number of carbonyl (C=O) groups excluding carboxylic acids is 1. The number of rotatable bonds is 6. The number of hydrogen-bond acceptors (Lipinski definition) is 4. The third-order valence-corrected chi connectivity index (χ3v) is 3.18. The van der Waals surface area contributed by atoms with E-state index in [1.165, 1.54) is 0 Å². The zero-order valence-electron chi connectivity index (χ0n) is 10.5. The molecule has 94 valence electrons. The fourth-order valence-electron chi connectivity index (χ4n) is 1.76. The van der Waals surface area contributed by atoms with Crippen molar-refractivity contribution in [2.24, 2.45) is 5.92 Å². The number of unbranched alkanes of at least 4 members (excludes halogenated alkanes) is 1. The van der Waals surface area contributed by atoms with Crippen molar-refractivity contribution in [1.82, 2.24) is 4.90 Å². The van der Waals surface area contributed by atoms with Gasteiger partial charge in [0.05, 0.1) is 18.8 Å². The van der Waals surface area contributed by atoms with Gasteiger partial charge in [-0.15, -0.1) is 0 Å². The molecule has 0 aromatic heterocycles. The molecule has 0 saturated carbocycles. The Morgan fingerprint density at radius 2 is 2.12 bits per heavy atom. The Morgan fingerprint density at radius 3 is 2.62 bits per heavy atom. The summed E-state index contributed by atoms with van der Waals surface area (Å²) in [6.07, 6.45) is 1.95. The molecule has 1 fully saturated rings. The molecule has 1 heterocycles. The Kier molecular flexibility index (Phi) is 4.74. The fourth-order valence-corrected chi connectivity index (χ4v) is 1.76. The first kappa shape index (κ1) is 13.5. The summed E-state index contributed by atoms with van der Waals surface area (Å²) < 4.78 is 5.06. The minimum absolute atomic E-state index is 0.181. The van der Waals surface area contributed by atoms with Crippen LogP contribution >= 0.6 is 0 Å². The second-order valence-electron chi connectivity index (χ2n) is 4.98. The molecule has 4 nitrogen and oxygen atoms in total. The van der Waals surface area contributed by atoms with E-state index in [0.29, 0.717) is 26.2 Å². The maximum absolute atomic E-state index is 11.4. The summed E-state index contributed by atoms with van der Waals surface area (Å²) in [5.41, 5.74) is -0.607. The monoisotopic (exact) mass is 229 g/mol. The highest BCUT2D eigenvalue weighted by Gasteiger charge is 2.44. The molecule has 0 amide bonds. The SMILES string of the molecule is CCCCOC(=O)CN1CC(O)(C(C)C)C1. The molecule has 4 heteroatoms. The molecule has 0 aromatic rings. The van der Waals surface area contributed by atoms with Crippen LogP contribution in [0.15, 0.2) is 0 Å².